The lowest BCUT2D eigenvalue weighted by Crippen LogP contribution is -2.04. The Morgan fingerprint density at radius 1 is 1.21 bits per heavy atom. The summed E-state index contributed by atoms with van der Waals surface area (Å²) in [5, 5.41) is 4.17. The van der Waals surface area contributed by atoms with E-state index in [1.165, 1.54) is 6.20 Å². The maximum atomic E-state index is 5.52. The molecule has 2 N–H and O–H groups in total. The number of hydrogen-bond acceptors (Lipinski definition) is 5. The number of aromatic nitrogens is 5. The Kier molecular flexibility index (Phi) is 1.88. The molecular formula is C8H10N6. The van der Waals surface area contributed by atoms with Gasteiger partial charge in [-0.1, -0.05) is 0 Å². The lowest BCUT2D eigenvalue weighted by Gasteiger charge is -2.00. The van der Waals surface area contributed by atoms with Crippen molar-refractivity contribution in [3.05, 3.63) is 24.0 Å². The molecule has 6 nitrogen and oxygen atoms in total. The van der Waals surface area contributed by atoms with Crippen LogP contribution in [0, 0.1) is 13.8 Å². The Hall–Kier alpha value is -1.98. The number of nitrogens with zero attached hydrogens (tertiary/aromatic N) is 5. The average Bonchev–Trinajstić information content (AvgIpc) is 2.45. The quantitative estimate of drug-likeness (QED) is 0.697. The average molecular weight is 190 g/mol. The summed E-state index contributed by atoms with van der Waals surface area (Å²) in [5.74, 6) is 2.42. The lowest BCUT2D eigenvalue weighted by atomic mass is 10.6. The van der Waals surface area contributed by atoms with Gasteiger partial charge < -0.3 is 5.73 Å². The first-order chi connectivity index (χ1) is 6.66. The van der Waals surface area contributed by atoms with Gasteiger partial charge in [-0.15, -0.1) is 5.10 Å². The summed E-state index contributed by atoms with van der Waals surface area (Å²) in [4.78, 5) is 12.2. The first-order valence-electron chi connectivity index (χ1n) is 4.15. The van der Waals surface area contributed by atoms with Crippen LogP contribution < -0.4 is 5.73 Å². The van der Waals surface area contributed by atoms with E-state index in [1.807, 2.05) is 13.8 Å². The van der Waals surface area contributed by atoms with Gasteiger partial charge in [0, 0.05) is 0 Å². The third kappa shape index (κ3) is 1.41. The van der Waals surface area contributed by atoms with E-state index in [-0.39, 0.29) is 0 Å². The molecule has 0 saturated heterocycles. The van der Waals surface area contributed by atoms with Crippen LogP contribution in [0.2, 0.25) is 0 Å². The summed E-state index contributed by atoms with van der Waals surface area (Å²) >= 11 is 0. The summed E-state index contributed by atoms with van der Waals surface area (Å²) < 4.78 is 1.61. The topological polar surface area (TPSA) is 82.5 Å². The Bertz CT molecular complexity index is 461. The third-order valence-electron chi connectivity index (χ3n) is 1.73. The Labute approximate surface area is 80.8 Å². The van der Waals surface area contributed by atoms with Gasteiger partial charge in [0.15, 0.2) is 5.82 Å². The largest absolute Gasteiger partial charge is 0.382 e. The molecule has 0 bridgehead atoms. The van der Waals surface area contributed by atoms with Crippen LogP contribution in [0.1, 0.15) is 11.6 Å². The fourth-order valence-corrected chi connectivity index (χ4v) is 1.21. The molecule has 14 heavy (non-hydrogen) atoms. The van der Waals surface area contributed by atoms with Crippen molar-refractivity contribution < 1.29 is 0 Å². The number of hydrogen-bond donors (Lipinski definition) is 1. The first-order valence-corrected chi connectivity index (χ1v) is 4.15. The van der Waals surface area contributed by atoms with Gasteiger partial charge in [-0.25, -0.2) is 9.97 Å². The molecule has 0 radical (unpaired) electrons. The van der Waals surface area contributed by atoms with E-state index in [0.717, 1.165) is 5.82 Å². The van der Waals surface area contributed by atoms with E-state index in [9.17, 15) is 0 Å². The highest BCUT2D eigenvalue weighted by Crippen LogP contribution is 2.06. The summed E-state index contributed by atoms with van der Waals surface area (Å²) in [6.45, 7) is 3.67. The predicted molar refractivity (Wildman–Crippen MR) is 50.8 cm³/mol. The van der Waals surface area contributed by atoms with Gasteiger partial charge in [0.1, 0.15) is 17.5 Å². The van der Waals surface area contributed by atoms with Crippen molar-refractivity contribution in [2.24, 2.45) is 0 Å². The zero-order valence-corrected chi connectivity index (χ0v) is 7.97. The standard InChI is InChI=1S/C8H10N6/c1-5-11-6(2)14(13-5)8-4-10-3-7(9)12-8/h3-4H,1-2H3,(H2,9,12). The molecule has 0 spiro atoms. The van der Waals surface area contributed by atoms with E-state index in [2.05, 4.69) is 20.1 Å². The normalized spacial score (nSPS) is 10.4. The van der Waals surface area contributed by atoms with Gasteiger partial charge in [0.05, 0.1) is 12.4 Å². The van der Waals surface area contributed by atoms with Crippen LogP contribution in [0.3, 0.4) is 0 Å². The molecule has 0 amide bonds. The first kappa shape index (κ1) is 8.61. The molecule has 0 saturated carbocycles. The van der Waals surface area contributed by atoms with E-state index >= 15 is 0 Å². The van der Waals surface area contributed by atoms with Crippen LogP contribution in [0.15, 0.2) is 12.4 Å². The molecule has 0 unspecified atom stereocenters. The van der Waals surface area contributed by atoms with Gasteiger partial charge in [-0.3, -0.25) is 4.98 Å². The molecule has 2 aromatic heterocycles. The van der Waals surface area contributed by atoms with E-state index in [0.29, 0.717) is 17.5 Å². The molecule has 0 aliphatic heterocycles. The van der Waals surface area contributed by atoms with Crippen molar-refractivity contribution in [1.29, 1.82) is 0 Å². The second kappa shape index (κ2) is 3.06. The molecular weight excluding hydrogens is 180 g/mol. The van der Waals surface area contributed by atoms with Crippen LogP contribution in [0.5, 0.6) is 0 Å². The van der Waals surface area contributed by atoms with Crippen LogP contribution >= 0.6 is 0 Å². The van der Waals surface area contributed by atoms with E-state index < -0.39 is 0 Å². The van der Waals surface area contributed by atoms with Crippen LogP contribution in [-0.2, 0) is 0 Å². The lowest BCUT2D eigenvalue weighted by molar-refractivity contribution is 0.798. The summed E-state index contributed by atoms with van der Waals surface area (Å²) in [6, 6.07) is 0. The van der Waals surface area contributed by atoms with Crippen molar-refractivity contribution in [3.8, 4) is 5.82 Å². The summed E-state index contributed by atoms with van der Waals surface area (Å²) in [5.41, 5.74) is 5.52. The fraction of sp³-hybridized carbons (Fsp3) is 0.250. The minimum Gasteiger partial charge on any atom is -0.382 e. The van der Waals surface area contributed by atoms with E-state index in [4.69, 9.17) is 5.73 Å². The molecule has 0 aromatic carbocycles. The minimum atomic E-state index is 0.370. The minimum absolute atomic E-state index is 0.370. The Morgan fingerprint density at radius 3 is 2.57 bits per heavy atom. The molecule has 72 valence electrons. The highest BCUT2D eigenvalue weighted by molar-refractivity contribution is 5.30. The molecule has 6 heteroatoms. The SMILES string of the molecule is Cc1nc(C)n(-c2cncc(N)n2)n1. The van der Waals surface area contributed by atoms with Crippen LogP contribution in [0.4, 0.5) is 5.82 Å². The number of rotatable bonds is 1. The number of aryl methyl sites for hydroxylation is 2. The Morgan fingerprint density at radius 2 is 2.00 bits per heavy atom. The van der Waals surface area contributed by atoms with Gasteiger partial charge in [-0.05, 0) is 13.8 Å². The fourth-order valence-electron chi connectivity index (χ4n) is 1.21. The molecule has 0 atom stereocenters. The smallest absolute Gasteiger partial charge is 0.176 e. The molecule has 0 aliphatic carbocycles. The van der Waals surface area contributed by atoms with Gasteiger partial charge in [-0.2, -0.15) is 4.68 Å². The summed E-state index contributed by atoms with van der Waals surface area (Å²) in [7, 11) is 0. The number of anilines is 1. The number of nitrogens with two attached hydrogens (primary N) is 1. The van der Waals surface area contributed by atoms with Gasteiger partial charge in [0.25, 0.3) is 0 Å². The van der Waals surface area contributed by atoms with Crippen molar-refractivity contribution in [2.45, 2.75) is 13.8 Å². The molecule has 2 aromatic rings. The third-order valence-corrected chi connectivity index (χ3v) is 1.73. The van der Waals surface area contributed by atoms with E-state index in [1.54, 1.807) is 10.9 Å². The highest BCUT2D eigenvalue weighted by atomic mass is 15.4. The van der Waals surface area contributed by atoms with Crippen LogP contribution in [0.25, 0.3) is 5.82 Å². The maximum Gasteiger partial charge on any atom is 0.176 e. The molecule has 2 rings (SSSR count). The second-order valence-corrected chi connectivity index (χ2v) is 2.92. The van der Waals surface area contributed by atoms with Crippen molar-refractivity contribution in [1.82, 2.24) is 24.7 Å². The summed E-state index contributed by atoms with van der Waals surface area (Å²) in [6.07, 6.45) is 3.08. The van der Waals surface area contributed by atoms with Gasteiger partial charge >= 0.3 is 0 Å². The molecule has 0 fully saturated rings. The molecule has 2 heterocycles. The second-order valence-electron chi connectivity index (χ2n) is 2.92. The zero-order valence-electron chi connectivity index (χ0n) is 7.97. The maximum absolute atomic E-state index is 5.52. The zero-order chi connectivity index (χ0) is 10.1. The molecule has 0 aliphatic rings. The van der Waals surface area contributed by atoms with Gasteiger partial charge in [0.2, 0.25) is 0 Å². The Balaban J connectivity index is 2.54. The highest BCUT2D eigenvalue weighted by Gasteiger charge is 2.06. The van der Waals surface area contributed by atoms with Crippen LogP contribution in [-0.4, -0.2) is 24.7 Å². The predicted octanol–water partition coefficient (Wildman–Crippen LogP) is 0.256. The number of nitrogen functional groups attached to an aromatic ring is 1. The monoisotopic (exact) mass is 190 g/mol. The van der Waals surface area contributed by atoms with Crippen molar-refractivity contribution in [2.75, 3.05) is 5.73 Å². The van der Waals surface area contributed by atoms with Crippen molar-refractivity contribution >= 4 is 5.82 Å². The van der Waals surface area contributed by atoms with Crippen molar-refractivity contribution in [3.63, 3.8) is 0 Å².